The van der Waals surface area contributed by atoms with Gasteiger partial charge in [-0.15, -0.1) is 0 Å². The molecule has 2 aromatic carbocycles. The van der Waals surface area contributed by atoms with Gasteiger partial charge in [-0.1, -0.05) is 37.3 Å². The van der Waals surface area contributed by atoms with Crippen molar-refractivity contribution in [3.05, 3.63) is 54.6 Å². The third-order valence-corrected chi connectivity index (χ3v) is 5.67. The fourth-order valence-electron chi connectivity index (χ4n) is 3.84. The summed E-state index contributed by atoms with van der Waals surface area (Å²) in [6.07, 6.45) is 2.28. The van der Waals surface area contributed by atoms with Crippen molar-refractivity contribution in [1.29, 1.82) is 0 Å². The predicted octanol–water partition coefficient (Wildman–Crippen LogP) is 5.20. The summed E-state index contributed by atoms with van der Waals surface area (Å²) in [6.45, 7) is 4.20. The first-order valence-corrected chi connectivity index (χ1v) is 10.3. The van der Waals surface area contributed by atoms with Gasteiger partial charge < -0.3 is 14.1 Å². The predicted molar refractivity (Wildman–Crippen MR) is 118 cm³/mol. The first-order valence-electron chi connectivity index (χ1n) is 10.3. The van der Waals surface area contributed by atoms with E-state index in [0.29, 0.717) is 22.9 Å². The highest BCUT2D eigenvalue weighted by Crippen LogP contribution is 2.34. The zero-order chi connectivity index (χ0) is 20.5. The van der Waals surface area contributed by atoms with Crippen molar-refractivity contribution >= 4 is 17.0 Å². The van der Waals surface area contributed by atoms with Gasteiger partial charge in [0, 0.05) is 24.2 Å². The molecule has 0 saturated carbocycles. The zero-order valence-corrected chi connectivity index (χ0v) is 17.2. The highest BCUT2D eigenvalue weighted by Gasteiger charge is 2.24. The lowest BCUT2D eigenvalue weighted by atomic mass is 9.99. The molecule has 0 unspecified atom stereocenters. The maximum Gasteiger partial charge on any atom is 0.229 e. The van der Waals surface area contributed by atoms with Crippen LogP contribution in [0.2, 0.25) is 0 Å². The number of fused-ring (bicyclic) bond motifs is 1. The van der Waals surface area contributed by atoms with Crippen LogP contribution in [-0.2, 0) is 0 Å². The van der Waals surface area contributed by atoms with Gasteiger partial charge in [-0.25, -0.2) is 9.97 Å². The Hall–Kier alpha value is -3.41. The molecule has 0 amide bonds. The smallest absolute Gasteiger partial charge is 0.229 e. The van der Waals surface area contributed by atoms with Crippen LogP contribution in [0.25, 0.3) is 34.1 Å². The molecule has 1 fully saturated rings. The zero-order valence-electron chi connectivity index (χ0n) is 17.2. The van der Waals surface area contributed by atoms with Gasteiger partial charge in [0.05, 0.1) is 7.11 Å². The SMILES string of the molecule is COc1cccc(-c2nc(N3CCC(C)CC3)c3oc(-c4ccccc4)nc3n2)c1. The Balaban J connectivity index is 1.66. The number of hydrogen-bond donors (Lipinski definition) is 0. The van der Waals surface area contributed by atoms with E-state index in [1.165, 1.54) is 0 Å². The van der Waals surface area contributed by atoms with E-state index >= 15 is 0 Å². The maximum absolute atomic E-state index is 6.20. The standard InChI is InChI=1S/C24H24N4O2/c1-16-11-13-28(14-12-16)23-20-22(27-24(30-20)17-7-4-3-5-8-17)25-21(26-23)18-9-6-10-19(15-18)29-2/h3-10,15-16H,11-14H2,1-2H3. The molecule has 30 heavy (non-hydrogen) atoms. The first kappa shape index (κ1) is 18.6. The summed E-state index contributed by atoms with van der Waals surface area (Å²) in [4.78, 5) is 16.7. The number of oxazole rings is 1. The van der Waals surface area contributed by atoms with Crippen LogP contribution in [-0.4, -0.2) is 35.2 Å². The summed E-state index contributed by atoms with van der Waals surface area (Å²) in [6, 6.07) is 17.7. The largest absolute Gasteiger partial charge is 0.497 e. The van der Waals surface area contributed by atoms with Crippen molar-refractivity contribution in [2.24, 2.45) is 5.92 Å². The van der Waals surface area contributed by atoms with Crippen molar-refractivity contribution in [1.82, 2.24) is 15.0 Å². The number of methoxy groups -OCH3 is 1. The highest BCUT2D eigenvalue weighted by molar-refractivity contribution is 5.85. The Morgan fingerprint density at radius 1 is 0.933 bits per heavy atom. The van der Waals surface area contributed by atoms with Gasteiger partial charge in [0.15, 0.2) is 11.6 Å². The molecule has 4 aromatic rings. The fraction of sp³-hybridized carbons (Fsp3) is 0.292. The molecular weight excluding hydrogens is 376 g/mol. The average molecular weight is 400 g/mol. The lowest BCUT2D eigenvalue weighted by Crippen LogP contribution is -2.33. The number of nitrogens with zero attached hydrogens (tertiary/aromatic N) is 4. The van der Waals surface area contributed by atoms with Crippen LogP contribution in [0.4, 0.5) is 5.82 Å². The van der Waals surface area contributed by atoms with Crippen LogP contribution < -0.4 is 9.64 Å². The van der Waals surface area contributed by atoms with E-state index in [-0.39, 0.29) is 0 Å². The Bertz CT molecular complexity index is 1160. The molecule has 6 heteroatoms. The van der Waals surface area contributed by atoms with E-state index in [4.69, 9.17) is 24.1 Å². The molecule has 2 aromatic heterocycles. The van der Waals surface area contributed by atoms with E-state index in [0.717, 1.165) is 54.5 Å². The van der Waals surface area contributed by atoms with Gasteiger partial charge in [0.1, 0.15) is 5.75 Å². The number of benzene rings is 2. The molecule has 0 spiro atoms. The van der Waals surface area contributed by atoms with E-state index < -0.39 is 0 Å². The Kier molecular flexibility index (Phi) is 4.83. The van der Waals surface area contributed by atoms with Crippen LogP contribution >= 0.6 is 0 Å². The lowest BCUT2D eigenvalue weighted by molar-refractivity contribution is 0.415. The first-order chi connectivity index (χ1) is 14.7. The van der Waals surface area contributed by atoms with E-state index in [9.17, 15) is 0 Å². The molecule has 152 valence electrons. The Morgan fingerprint density at radius 3 is 2.47 bits per heavy atom. The molecule has 5 rings (SSSR count). The highest BCUT2D eigenvalue weighted by atomic mass is 16.5. The van der Waals surface area contributed by atoms with Crippen LogP contribution in [0.3, 0.4) is 0 Å². The Morgan fingerprint density at radius 2 is 1.70 bits per heavy atom. The topological polar surface area (TPSA) is 64.3 Å². The monoisotopic (exact) mass is 400 g/mol. The third-order valence-electron chi connectivity index (χ3n) is 5.67. The van der Waals surface area contributed by atoms with Gasteiger partial charge in [-0.3, -0.25) is 0 Å². The molecule has 1 aliphatic heterocycles. The van der Waals surface area contributed by atoms with Crippen molar-refractivity contribution < 1.29 is 9.15 Å². The molecule has 1 aliphatic rings. The average Bonchev–Trinajstić information content (AvgIpc) is 3.24. The van der Waals surface area contributed by atoms with Crippen LogP contribution in [0, 0.1) is 5.92 Å². The maximum atomic E-state index is 6.20. The summed E-state index contributed by atoms with van der Waals surface area (Å²) in [7, 11) is 1.66. The summed E-state index contributed by atoms with van der Waals surface area (Å²) in [5.74, 6) is 3.51. The summed E-state index contributed by atoms with van der Waals surface area (Å²) < 4.78 is 11.6. The van der Waals surface area contributed by atoms with E-state index in [1.807, 2.05) is 54.6 Å². The second-order valence-electron chi connectivity index (χ2n) is 7.81. The minimum Gasteiger partial charge on any atom is -0.497 e. The number of hydrogen-bond acceptors (Lipinski definition) is 6. The van der Waals surface area contributed by atoms with Crippen LogP contribution in [0.15, 0.2) is 59.0 Å². The normalized spacial score (nSPS) is 14.9. The van der Waals surface area contributed by atoms with Gasteiger partial charge in [0.25, 0.3) is 0 Å². The molecule has 0 radical (unpaired) electrons. The van der Waals surface area contributed by atoms with Crippen molar-refractivity contribution in [3.8, 4) is 28.6 Å². The molecule has 6 nitrogen and oxygen atoms in total. The summed E-state index contributed by atoms with van der Waals surface area (Å²) in [5, 5.41) is 0. The van der Waals surface area contributed by atoms with Gasteiger partial charge in [0.2, 0.25) is 17.1 Å². The van der Waals surface area contributed by atoms with Crippen LogP contribution in [0.5, 0.6) is 5.75 Å². The fourth-order valence-corrected chi connectivity index (χ4v) is 3.84. The molecule has 0 aliphatic carbocycles. The van der Waals surface area contributed by atoms with E-state index in [2.05, 4.69) is 11.8 Å². The number of ether oxygens (including phenoxy) is 1. The molecule has 0 bridgehead atoms. The molecule has 3 heterocycles. The second-order valence-corrected chi connectivity index (χ2v) is 7.81. The number of piperidine rings is 1. The number of rotatable bonds is 4. The molecule has 1 saturated heterocycles. The Labute approximate surface area is 175 Å². The van der Waals surface area contributed by atoms with Gasteiger partial charge >= 0.3 is 0 Å². The summed E-state index contributed by atoms with van der Waals surface area (Å²) in [5.41, 5.74) is 3.05. The van der Waals surface area contributed by atoms with Crippen LogP contribution in [0.1, 0.15) is 19.8 Å². The number of anilines is 1. The van der Waals surface area contributed by atoms with Crippen molar-refractivity contribution in [2.45, 2.75) is 19.8 Å². The molecular formula is C24H24N4O2. The minimum atomic E-state index is 0.564. The molecule has 0 N–H and O–H groups in total. The van der Waals surface area contributed by atoms with Gasteiger partial charge in [-0.2, -0.15) is 4.98 Å². The molecule has 0 atom stereocenters. The van der Waals surface area contributed by atoms with Crippen molar-refractivity contribution in [3.63, 3.8) is 0 Å². The van der Waals surface area contributed by atoms with Crippen molar-refractivity contribution in [2.75, 3.05) is 25.1 Å². The van der Waals surface area contributed by atoms with Gasteiger partial charge in [-0.05, 0) is 43.0 Å². The number of aromatic nitrogens is 3. The summed E-state index contributed by atoms with van der Waals surface area (Å²) >= 11 is 0. The quantitative estimate of drug-likeness (QED) is 0.469. The minimum absolute atomic E-state index is 0.564. The second kappa shape index (κ2) is 7.78. The third kappa shape index (κ3) is 3.49. The lowest BCUT2D eigenvalue weighted by Gasteiger charge is -2.31. The van der Waals surface area contributed by atoms with E-state index in [1.54, 1.807) is 7.11 Å².